The van der Waals surface area contributed by atoms with Crippen molar-refractivity contribution in [2.45, 2.75) is 12.3 Å². The van der Waals surface area contributed by atoms with Crippen molar-refractivity contribution in [3.8, 4) is 0 Å². The van der Waals surface area contributed by atoms with Crippen LogP contribution in [0.25, 0.3) is 10.9 Å². The van der Waals surface area contributed by atoms with Gasteiger partial charge in [0, 0.05) is 24.6 Å². The summed E-state index contributed by atoms with van der Waals surface area (Å²) in [4.78, 5) is 16.1. The van der Waals surface area contributed by atoms with Crippen LogP contribution in [0, 0.1) is 5.41 Å². The Balaban J connectivity index is 1.96. The van der Waals surface area contributed by atoms with Crippen LogP contribution in [0.2, 0.25) is 0 Å². The van der Waals surface area contributed by atoms with Gasteiger partial charge in [0.15, 0.2) is 0 Å². The SMILES string of the molecule is COCC1(C(N)=O)CC1c1cnc2ccccc2c1. The number of carbonyl (C=O) groups excluding carboxylic acids is 1. The minimum atomic E-state index is -0.543. The van der Waals surface area contributed by atoms with Crippen LogP contribution in [-0.2, 0) is 9.53 Å². The quantitative estimate of drug-likeness (QED) is 0.907. The van der Waals surface area contributed by atoms with Crippen molar-refractivity contribution in [2.24, 2.45) is 11.1 Å². The van der Waals surface area contributed by atoms with Gasteiger partial charge in [0.1, 0.15) is 0 Å². The molecule has 0 saturated heterocycles. The maximum Gasteiger partial charge on any atom is 0.226 e. The van der Waals surface area contributed by atoms with Gasteiger partial charge in [-0.2, -0.15) is 0 Å². The van der Waals surface area contributed by atoms with Crippen molar-refractivity contribution in [3.63, 3.8) is 0 Å². The van der Waals surface area contributed by atoms with E-state index >= 15 is 0 Å². The van der Waals surface area contributed by atoms with Crippen LogP contribution in [0.15, 0.2) is 36.5 Å². The molecular formula is C15H16N2O2. The fourth-order valence-electron chi connectivity index (χ4n) is 2.78. The Bertz CT molecular complexity index is 641. The summed E-state index contributed by atoms with van der Waals surface area (Å²) < 4.78 is 5.15. The molecule has 0 radical (unpaired) electrons. The lowest BCUT2D eigenvalue weighted by molar-refractivity contribution is -0.125. The number of rotatable bonds is 4. The average molecular weight is 256 g/mol. The number of ether oxygens (including phenoxy) is 1. The Labute approximate surface area is 111 Å². The molecule has 1 fully saturated rings. The van der Waals surface area contributed by atoms with Gasteiger partial charge in [0.05, 0.1) is 17.5 Å². The van der Waals surface area contributed by atoms with E-state index < -0.39 is 5.41 Å². The van der Waals surface area contributed by atoms with Gasteiger partial charge in [0.2, 0.25) is 5.91 Å². The van der Waals surface area contributed by atoms with E-state index in [4.69, 9.17) is 10.5 Å². The third-order valence-corrected chi connectivity index (χ3v) is 3.98. The third-order valence-electron chi connectivity index (χ3n) is 3.98. The molecule has 2 N–H and O–H groups in total. The number of nitrogens with two attached hydrogens (primary N) is 1. The molecule has 1 aliphatic rings. The predicted octanol–water partition coefficient (Wildman–Crippen LogP) is 1.84. The molecular weight excluding hydrogens is 240 g/mol. The van der Waals surface area contributed by atoms with Gasteiger partial charge in [-0.1, -0.05) is 18.2 Å². The van der Waals surface area contributed by atoms with Gasteiger partial charge in [-0.15, -0.1) is 0 Å². The van der Waals surface area contributed by atoms with E-state index in [1.165, 1.54) is 0 Å². The van der Waals surface area contributed by atoms with Gasteiger partial charge in [-0.05, 0) is 24.1 Å². The number of pyridine rings is 1. The summed E-state index contributed by atoms with van der Waals surface area (Å²) in [7, 11) is 1.60. The maximum absolute atomic E-state index is 11.6. The van der Waals surface area contributed by atoms with Crippen molar-refractivity contribution in [1.82, 2.24) is 4.98 Å². The summed E-state index contributed by atoms with van der Waals surface area (Å²) in [6, 6.07) is 10.0. The first kappa shape index (κ1) is 12.1. The number of primary amides is 1. The Morgan fingerprint density at radius 2 is 2.32 bits per heavy atom. The fraction of sp³-hybridized carbons (Fsp3) is 0.333. The second-order valence-electron chi connectivity index (χ2n) is 5.17. The molecule has 0 spiro atoms. The van der Waals surface area contributed by atoms with E-state index in [9.17, 15) is 4.79 Å². The molecule has 2 aromatic rings. The molecule has 2 atom stereocenters. The van der Waals surface area contributed by atoms with Crippen LogP contribution in [0.5, 0.6) is 0 Å². The van der Waals surface area contributed by atoms with E-state index in [1.807, 2.05) is 30.5 Å². The van der Waals surface area contributed by atoms with E-state index in [1.54, 1.807) is 7.11 Å². The average Bonchev–Trinajstić information content (AvgIpc) is 3.15. The molecule has 1 aromatic heterocycles. The van der Waals surface area contributed by atoms with Gasteiger partial charge in [-0.25, -0.2) is 0 Å². The maximum atomic E-state index is 11.6. The zero-order valence-electron chi connectivity index (χ0n) is 10.8. The molecule has 0 aliphatic heterocycles. The smallest absolute Gasteiger partial charge is 0.226 e. The molecule has 1 saturated carbocycles. The molecule has 98 valence electrons. The second-order valence-corrected chi connectivity index (χ2v) is 5.17. The van der Waals surface area contributed by atoms with E-state index in [0.29, 0.717) is 6.61 Å². The van der Waals surface area contributed by atoms with Gasteiger partial charge < -0.3 is 10.5 Å². The van der Waals surface area contributed by atoms with Gasteiger partial charge >= 0.3 is 0 Å². The van der Waals surface area contributed by atoms with E-state index in [2.05, 4.69) is 11.1 Å². The number of aromatic nitrogens is 1. The van der Waals surface area contributed by atoms with Crippen LogP contribution in [0.1, 0.15) is 17.9 Å². The Hall–Kier alpha value is -1.94. The highest BCUT2D eigenvalue weighted by atomic mass is 16.5. The lowest BCUT2D eigenvalue weighted by Crippen LogP contribution is -2.30. The first-order valence-electron chi connectivity index (χ1n) is 6.31. The standard InChI is InChI=1S/C15H16N2O2/c1-19-9-15(14(16)18)7-12(15)11-6-10-4-2-3-5-13(10)17-8-11/h2-6,8,12H,7,9H2,1H3,(H2,16,18). The molecule has 4 heteroatoms. The zero-order chi connectivity index (χ0) is 13.5. The van der Waals surface area contributed by atoms with Gasteiger partial charge in [-0.3, -0.25) is 9.78 Å². The first-order valence-corrected chi connectivity index (χ1v) is 6.31. The third kappa shape index (κ3) is 1.88. The number of hydrogen-bond donors (Lipinski definition) is 1. The fourth-order valence-corrected chi connectivity index (χ4v) is 2.78. The molecule has 2 unspecified atom stereocenters. The molecule has 1 heterocycles. The summed E-state index contributed by atoms with van der Waals surface area (Å²) in [5.74, 6) is -0.158. The van der Waals surface area contributed by atoms with Crippen LogP contribution in [0.3, 0.4) is 0 Å². The van der Waals surface area contributed by atoms with Gasteiger partial charge in [0.25, 0.3) is 0 Å². The molecule has 1 amide bonds. The topological polar surface area (TPSA) is 65.2 Å². The highest BCUT2D eigenvalue weighted by molar-refractivity contribution is 5.87. The number of para-hydroxylation sites is 1. The summed E-state index contributed by atoms with van der Waals surface area (Å²) in [5, 5.41) is 1.09. The van der Waals surface area contributed by atoms with Crippen LogP contribution in [-0.4, -0.2) is 24.6 Å². The normalized spacial score (nSPS) is 25.4. The second kappa shape index (κ2) is 4.31. The highest BCUT2D eigenvalue weighted by Gasteiger charge is 2.59. The molecule has 1 aliphatic carbocycles. The summed E-state index contributed by atoms with van der Waals surface area (Å²) >= 11 is 0. The minimum Gasteiger partial charge on any atom is -0.384 e. The highest BCUT2D eigenvalue weighted by Crippen LogP contribution is 2.59. The monoisotopic (exact) mass is 256 g/mol. The number of fused-ring (bicyclic) bond motifs is 1. The van der Waals surface area contributed by atoms with Crippen LogP contribution >= 0.6 is 0 Å². The largest absolute Gasteiger partial charge is 0.384 e. The summed E-state index contributed by atoms with van der Waals surface area (Å²) in [6.45, 7) is 0.375. The van der Waals surface area contributed by atoms with Crippen molar-refractivity contribution < 1.29 is 9.53 Å². The minimum absolute atomic E-state index is 0.127. The molecule has 1 aromatic carbocycles. The van der Waals surface area contributed by atoms with Crippen molar-refractivity contribution in [1.29, 1.82) is 0 Å². The predicted molar refractivity (Wildman–Crippen MR) is 72.6 cm³/mol. The molecule has 3 rings (SSSR count). The number of hydrogen-bond acceptors (Lipinski definition) is 3. The van der Waals surface area contributed by atoms with Crippen molar-refractivity contribution in [2.75, 3.05) is 13.7 Å². The van der Waals surface area contributed by atoms with Crippen LogP contribution in [0.4, 0.5) is 0 Å². The number of methoxy groups -OCH3 is 1. The van der Waals surface area contributed by atoms with Crippen LogP contribution < -0.4 is 5.73 Å². The number of amides is 1. The summed E-state index contributed by atoms with van der Waals surface area (Å²) in [6.07, 6.45) is 2.59. The van der Waals surface area contributed by atoms with E-state index in [0.717, 1.165) is 22.9 Å². The molecule has 19 heavy (non-hydrogen) atoms. The Morgan fingerprint density at radius 1 is 1.53 bits per heavy atom. The summed E-state index contributed by atoms with van der Waals surface area (Å²) in [5.41, 5.74) is 7.00. The molecule has 0 bridgehead atoms. The Kier molecular flexibility index (Phi) is 2.75. The van der Waals surface area contributed by atoms with E-state index in [-0.39, 0.29) is 11.8 Å². The first-order chi connectivity index (χ1) is 9.17. The zero-order valence-corrected chi connectivity index (χ0v) is 10.8. The lowest BCUT2D eigenvalue weighted by atomic mass is 9.99. The van der Waals surface area contributed by atoms with Crippen molar-refractivity contribution >= 4 is 16.8 Å². The molecule has 4 nitrogen and oxygen atoms in total. The number of nitrogens with zero attached hydrogens (tertiary/aromatic N) is 1. The lowest BCUT2D eigenvalue weighted by Gasteiger charge is -2.12. The van der Waals surface area contributed by atoms with Crippen molar-refractivity contribution in [3.05, 3.63) is 42.1 Å². The number of benzene rings is 1. The number of carbonyl (C=O) groups is 1. The Morgan fingerprint density at radius 3 is 3.05 bits per heavy atom.